The highest BCUT2D eigenvalue weighted by atomic mass is 32.3. The van der Waals surface area contributed by atoms with E-state index in [0.29, 0.717) is 6.42 Å². The first-order valence-corrected chi connectivity index (χ1v) is 6.20. The average Bonchev–Trinajstić information content (AvgIpc) is 2.16. The van der Waals surface area contributed by atoms with Crippen molar-refractivity contribution in [3.05, 3.63) is 35.9 Å². The Hall–Kier alpha value is -0.940. The molecule has 0 aromatic heterocycles. The van der Waals surface area contributed by atoms with Gasteiger partial charge in [0.1, 0.15) is 0 Å². The lowest BCUT2D eigenvalue weighted by Crippen LogP contribution is -2.33. The maximum atomic E-state index is 12.5. The number of hydrogen-bond donors (Lipinski definition) is 1. The molecule has 5 heteroatoms. The molecule has 1 unspecified atom stereocenters. The van der Waals surface area contributed by atoms with Crippen molar-refractivity contribution in [3.8, 4) is 0 Å². The second-order valence-electron chi connectivity index (χ2n) is 3.38. The molecule has 84 valence electrons. The highest BCUT2D eigenvalue weighted by Crippen LogP contribution is 2.05. The third-order valence-corrected chi connectivity index (χ3v) is 2.93. The van der Waals surface area contributed by atoms with Crippen LogP contribution in [0.25, 0.3) is 0 Å². The van der Waals surface area contributed by atoms with Gasteiger partial charge >= 0.3 is 10.2 Å². The number of rotatable bonds is 5. The Bertz CT molecular complexity index is 391. The Balaban J connectivity index is 2.63. The topological polar surface area (TPSA) is 46.2 Å². The molecule has 15 heavy (non-hydrogen) atoms. The van der Waals surface area contributed by atoms with Gasteiger partial charge < -0.3 is 5.32 Å². The van der Waals surface area contributed by atoms with E-state index in [9.17, 15) is 12.3 Å². The molecule has 0 radical (unpaired) electrons. The molecule has 0 spiro atoms. The van der Waals surface area contributed by atoms with Crippen LogP contribution in [0.5, 0.6) is 0 Å². The summed E-state index contributed by atoms with van der Waals surface area (Å²) in [5, 5.41) is 2.79. The average molecular weight is 231 g/mol. The molecule has 0 fully saturated rings. The summed E-state index contributed by atoms with van der Waals surface area (Å²) in [4.78, 5) is 0. The van der Waals surface area contributed by atoms with Gasteiger partial charge in [0.25, 0.3) is 0 Å². The molecule has 1 atom stereocenters. The SMILES string of the molecule is CNC(Cc1ccccc1)CS(=O)(=O)F. The molecule has 3 nitrogen and oxygen atoms in total. The summed E-state index contributed by atoms with van der Waals surface area (Å²) in [6, 6.07) is 8.99. The fraction of sp³-hybridized carbons (Fsp3) is 0.400. The van der Waals surface area contributed by atoms with Crippen LogP contribution in [0.3, 0.4) is 0 Å². The van der Waals surface area contributed by atoms with Crippen LogP contribution in [0.2, 0.25) is 0 Å². The van der Waals surface area contributed by atoms with Gasteiger partial charge in [-0.1, -0.05) is 30.3 Å². The fourth-order valence-electron chi connectivity index (χ4n) is 1.38. The molecule has 0 aliphatic heterocycles. The number of hydrogen-bond acceptors (Lipinski definition) is 3. The van der Waals surface area contributed by atoms with Gasteiger partial charge in [-0.05, 0) is 19.0 Å². The van der Waals surface area contributed by atoms with Crippen LogP contribution in [-0.2, 0) is 16.6 Å². The zero-order valence-electron chi connectivity index (χ0n) is 8.48. The summed E-state index contributed by atoms with van der Waals surface area (Å²) in [6.45, 7) is 0. The van der Waals surface area contributed by atoms with E-state index in [1.807, 2.05) is 30.3 Å². The monoisotopic (exact) mass is 231 g/mol. The van der Waals surface area contributed by atoms with Crippen molar-refractivity contribution in [1.82, 2.24) is 5.32 Å². The summed E-state index contributed by atoms with van der Waals surface area (Å²) < 4.78 is 33.4. The summed E-state index contributed by atoms with van der Waals surface area (Å²) in [5.41, 5.74) is 0.987. The van der Waals surface area contributed by atoms with Crippen molar-refractivity contribution in [2.45, 2.75) is 12.5 Å². The predicted octanol–water partition coefficient (Wildman–Crippen LogP) is 1.12. The molecule has 0 saturated heterocycles. The maximum Gasteiger partial charge on any atom is 0.303 e. The molecule has 1 aromatic rings. The van der Waals surface area contributed by atoms with Gasteiger partial charge in [-0.15, -0.1) is 3.89 Å². The van der Waals surface area contributed by atoms with Gasteiger partial charge in [0, 0.05) is 6.04 Å². The fourth-order valence-corrected chi connectivity index (χ4v) is 2.15. The second-order valence-corrected chi connectivity index (χ2v) is 4.79. The van der Waals surface area contributed by atoms with E-state index in [0.717, 1.165) is 5.56 Å². The Morgan fingerprint density at radius 2 is 1.93 bits per heavy atom. The van der Waals surface area contributed by atoms with E-state index in [4.69, 9.17) is 0 Å². The smallest absolute Gasteiger partial charge is 0.303 e. The van der Waals surface area contributed by atoms with E-state index in [1.165, 1.54) is 0 Å². The van der Waals surface area contributed by atoms with Crippen LogP contribution in [0, 0.1) is 0 Å². The number of likely N-dealkylation sites (N-methyl/N-ethyl adjacent to an activating group) is 1. The Kier molecular flexibility index (Phi) is 4.23. The van der Waals surface area contributed by atoms with E-state index < -0.39 is 16.0 Å². The van der Waals surface area contributed by atoms with Crippen LogP contribution >= 0.6 is 0 Å². The van der Waals surface area contributed by atoms with E-state index in [-0.39, 0.29) is 6.04 Å². The van der Waals surface area contributed by atoms with Crippen molar-refractivity contribution in [2.24, 2.45) is 0 Å². The highest BCUT2D eigenvalue weighted by molar-refractivity contribution is 7.86. The zero-order chi connectivity index (χ0) is 11.3. The van der Waals surface area contributed by atoms with Crippen LogP contribution in [-0.4, -0.2) is 27.3 Å². The number of halogens is 1. The predicted molar refractivity (Wildman–Crippen MR) is 57.9 cm³/mol. The third kappa shape index (κ3) is 4.90. The van der Waals surface area contributed by atoms with Crippen molar-refractivity contribution in [1.29, 1.82) is 0 Å². The van der Waals surface area contributed by atoms with Crippen LogP contribution < -0.4 is 5.32 Å². The number of nitrogens with one attached hydrogen (secondary N) is 1. The van der Waals surface area contributed by atoms with Crippen molar-refractivity contribution in [3.63, 3.8) is 0 Å². The maximum absolute atomic E-state index is 12.5. The van der Waals surface area contributed by atoms with Crippen molar-refractivity contribution >= 4 is 10.2 Å². The first-order valence-electron chi connectivity index (χ1n) is 4.65. The van der Waals surface area contributed by atoms with Crippen LogP contribution in [0.4, 0.5) is 3.89 Å². The standard InChI is InChI=1S/C10H14FNO2S/c1-12-10(8-15(11,13)14)7-9-5-3-2-4-6-9/h2-6,10,12H,7-8H2,1H3. The third-order valence-electron chi connectivity index (χ3n) is 2.13. The lowest BCUT2D eigenvalue weighted by molar-refractivity contribution is 0.527. The quantitative estimate of drug-likeness (QED) is 0.772. The van der Waals surface area contributed by atoms with Crippen molar-refractivity contribution in [2.75, 3.05) is 12.8 Å². The van der Waals surface area contributed by atoms with Gasteiger partial charge in [0.15, 0.2) is 0 Å². The van der Waals surface area contributed by atoms with Gasteiger partial charge in [0.05, 0.1) is 5.75 Å². The first kappa shape index (κ1) is 12.1. The second kappa shape index (κ2) is 5.23. The van der Waals surface area contributed by atoms with Gasteiger partial charge in [-0.2, -0.15) is 8.42 Å². The summed E-state index contributed by atoms with van der Waals surface area (Å²) in [5.74, 6) is -0.488. The van der Waals surface area contributed by atoms with E-state index in [2.05, 4.69) is 5.32 Å². The van der Waals surface area contributed by atoms with Gasteiger partial charge in [-0.25, -0.2) is 0 Å². The molecule has 0 saturated carbocycles. The van der Waals surface area contributed by atoms with E-state index in [1.54, 1.807) is 7.05 Å². The normalized spacial score (nSPS) is 13.7. The Morgan fingerprint density at radius 3 is 2.40 bits per heavy atom. The molecule has 0 aliphatic carbocycles. The molecule has 1 rings (SSSR count). The zero-order valence-corrected chi connectivity index (χ0v) is 9.30. The Labute approximate surface area is 89.5 Å². The highest BCUT2D eigenvalue weighted by Gasteiger charge is 2.16. The summed E-state index contributed by atoms with van der Waals surface area (Å²) in [7, 11) is -2.79. The lowest BCUT2D eigenvalue weighted by atomic mass is 10.1. The minimum atomic E-state index is -4.42. The molecular weight excluding hydrogens is 217 g/mol. The molecule has 0 heterocycles. The van der Waals surface area contributed by atoms with Gasteiger partial charge in [-0.3, -0.25) is 0 Å². The number of benzene rings is 1. The molecule has 0 aliphatic rings. The van der Waals surface area contributed by atoms with Gasteiger partial charge in [0.2, 0.25) is 0 Å². The van der Waals surface area contributed by atoms with Crippen LogP contribution in [0.1, 0.15) is 5.56 Å². The largest absolute Gasteiger partial charge is 0.316 e. The minimum absolute atomic E-state index is 0.387. The molecule has 1 aromatic carbocycles. The molecule has 1 N–H and O–H groups in total. The van der Waals surface area contributed by atoms with Crippen LogP contribution in [0.15, 0.2) is 30.3 Å². The summed E-state index contributed by atoms with van der Waals surface area (Å²) in [6.07, 6.45) is 0.500. The van der Waals surface area contributed by atoms with E-state index >= 15 is 0 Å². The summed E-state index contributed by atoms with van der Waals surface area (Å²) >= 11 is 0. The lowest BCUT2D eigenvalue weighted by Gasteiger charge is -2.13. The molecular formula is C10H14FNO2S. The molecule has 0 amide bonds. The Morgan fingerprint density at radius 1 is 1.33 bits per heavy atom. The molecule has 0 bridgehead atoms. The minimum Gasteiger partial charge on any atom is -0.316 e. The van der Waals surface area contributed by atoms with Crippen molar-refractivity contribution < 1.29 is 12.3 Å². The first-order chi connectivity index (χ1) is 7.01.